The third-order valence-corrected chi connectivity index (χ3v) is 3.89. The maximum absolute atomic E-state index is 5.75. The van der Waals surface area contributed by atoms with Crippen molar-refractivity contribution in [3.8, 4) is 22.8 Å². The largest absolute Gasteiger partial charge is 0.493 e. The fraction of sp³-hybridized carbons (Fsp3) is 0.308. The first-order chi connectivity index (χ1) is 8.72. The van der Waals surface area contributed by atoms with Crippen molar-refractivity contribution in [1.29, 1.82) is 0 Å². The Labute approximate surface area is 109 Å². The summed E-state index contributed by atoms with van der Waals surface area (Å²) in [6, 6.07) is 4.04. The highest BCUT2D eigenvalue weighted by atomic mass is 32.1. The van der Waals surface area contributed by atoms with Crippen molar-refractivity contribution < 1.29 is 9.47 Å². The Balaban J connectivity index is 2.13. The summed E-state index contributed by atoms with van der Waals surface area (Å²) in [7, 11) is 1.66. The van der Waals surface area contributed by atoms with Crippen LogP contribution in [0.25, 0.3) is 11.3 Å². The van der Waals surface area contributed by atoms with Crippen LogP contribution in [0.2, 0.25) is 0 Å². The van der Waals surface area contributed by atoms with Gasteiger partial charge in [0.25, 0.3) is 0 Å². The minimum Gasteiger partial charge on any atom is -0.493 e. The first-order valence-electron chi connectivity index (χ1n) is 5.82. The highest BCUT2D eigenvalue weighted by Gasteiger charge is 2.25. The predicted octanol–water partition coefficient (Wildman–Crippen LogP) is 2.70. The molecule has 2 N–H and O–H groups in total. The summed E-state index contributed by atoms with van der Waals surface area (Å²) >= 11 is 1.55. The maximum atomic E-state index is 5.75. The fourth-order valence-electron chi connectivity index (χ4n) is 2.27. The smallest absolute Gasteiger partial charge is 0.180 e. The highest BCUT2D eigenvalue weighted by Crippen LogP contribution is 2.44. The van der Waals surface area contributed by atoms with Gasteiger partial charge in [-0.15, -0.1) is 11.3 Å². The Morgan fingerprint density at radius 3 is 2.94 bits per heavy atom. The van der Waals surface area contributed by atoms with E-state index >= 15 is 0 Å². The van der Waals surface area contributed by atoms with Crippen molar-refractivity contribution in [2.45, 2.75) is 13.3 Å². The van der Waals surface area contributed by atoms with Crippen LogP contribution in [0, 0.1) is 0 Å². The second-order valence-corrected chi connectivity index (χ2v) is 5.21. The van der Waals surface area contributed by atoms with Gasteiger partial charge in [0.1, 0.15) is 0 Å². The first-order valence-corrected chi connectivity index (χ1v) is 6.63. The van der Waals surface area contributed by atoms with Crippen LogP contribution in [0.5, 0.6) is 11.5 Å². The van der Waals surface area contributed by atoms with Crippen LogP contribution < -0.4 is 15.2 Å². The quantitative estimate of drug-likeness (QED) is 0.788. The number of rotatable bonds is 3. The normalized spacial score (nSPS) is 12.1. The molecule has 0 bridgehead atoms. The molecule has 0 saturated carbocycles. The van der Waals surface area contributed by atoms with Crippen molar-refractivity contribution in [3.05, 3.63) is 22.6 Å². The van der Waals surface area contributed by atoms with E-state index in [2.05, 4.69) is 4.98 Å². The van der Waals surface area contributed by atoms with Crippen LogP contribution in [-0.4, -0.2) is 18.7 Å². The summed E-state index contributed by atoms with van der Waals surface area (Å²) in [6.45, 7) is 2.57. The van der Waals surface area contributed by atoms with Gasteiger partial charge in [-0.25, -0.2) is 4.98 Å². The molecule has 18 heavy (non-hydrogen) atoms. The Kier molecular flexibility index (Phi) is 2.63. The summed E-state index contributed by atoms with van der Waals surface area (Å²) in [5.41, 5.74) is 9.09. The molecule has 0 aliphatic heterocycles. The molecular formula is C13H14N2O2S. The molecule has 0 saturated heterocycles. The number of hydrogen-bond acceptors (Lipinski definition) is 5. The topological polar surface area (TPSA) is 57.4 Å². The third kappa shape index (κ3) is 1.62. The molecule has 0 fully saturated rings. The summed E-state index contributed by atoms with van der Waals surface area (Å²) in [4.78, 5) is 5.61. The van der Waals surface area contributed by atoms with Crippen LogP contribution in [-0.2, 0) is 6.42 Å². The molecule has 3 rings (SSSR count). The second-order valence-electron chi connectivity index (χ2n) is 4.09. The lowest BCUT2D eigenvalue weighted by Gasteiger charge is -2.11. The summed E-state index contributed by atoms with van der Waals surface area (Å²) < 4.78 is 10.9. The van der Waals surface area contributed by atoms with Crippen molar-refractivity contribution in [3.63, 3.8) is 0 Å². The number of fused-ring (bicyclic) bond motifs is 3. The van der Waals surface area contributed by atoms with E-state index in [0.29, 0.717) is 11.7 Å². The van der Waals surface area contributed by atoms with Gasteiger partial charge in [0.05, 0.1) is 19.4 Å². The van der Waals surface area contributed by atoms with E-state index in [-0.39, 0.29) is 0 Å². The molecule has 1 aliphatic carbocycles. The monoisotopic (exact) mass is 262 g/mol. The number of nitrogen functional groups attached to an aromatic ring is 1. The van der Waals surface area contributed by atoms with Gasteiger partial charge in [0, 0.05) is 16.9 Å². The zero-order chi connectivity index (χ0) is 12.7. The van der Waals surface area contributed by atoms with Gasteiger partial charge in [-0.1, -0.05) is 0 Å². The Morgan fingerprint density at radius 2 is 2.22 bits per heavy atom. The van der Waals surface area contributed by atoms with Gasteiger partial charge in [0.15, 0.2) is 16.6 Å². The number of anilines is 1. The van der Waals surface area contributed by atoms with Crippen LogP contribution in [0.3, 0.4) is 0 Å². The van der Waals surface area contributed by atoms with E-state index in [1.165, 1.54) is 10.4 Å². The van der Waals surface area contributed by atoms with Crippen LogP contribution in [0.4, 0.5) is 5.13 Å². The molecule has 94 valence electrons. The van der Waals surface area contributed by atoms with Crippen molar-refractivity contribution >= 4 is 16.5 Å². The minimum atomic E-state index is 0.612. The van der Waals surface area contributed by atoms with Crippen LogP contribution in [0.1, 0.15) is 17.4 Å². The maximum Gasteiger partial charge on any atom is 0.180 e. The lowest BCUT2D eigenvalue weighted by molar-refractivity contribution is 0.311. The summed E-state index contributed by atoms with van der Waals surface area (Å²) in [5.74, 6) is 1.54. The number of nitrogens with two attached hydrogens (primary N) is 1. The van der Waals surface area contributed by atoms with E-state index in [0.717, 1.165) is 29.2 Å². The summed E-state index contributed by atoms with van der Waals surface area (Å²) in [5, 5.41) is 0.624. The number of ether oxygens (including phenoxy) is 2. The van der Waals surface area contributed by atoms with E-state index in [1.54, 1.807) is 18.4 Å². The number of hydrogen-bond donors (Lipinski definition) is 1. The SMILES string of the molecule is CCOc1cc2c(cc1OC)Cc1sc(N)nc1-2. The fourth-order valence-corrected chi connectivity index (χ4v) is 3.14. The van der Waals surface area contributed by atoms with Gasteiger partial charge in [-0.05, 0) is 24.6 Å². The molecule has 1 aliphatic rings. The Hall–Kier alpha value is -1.75. The average Bonchev–Trinajstić information content (AvgIpc) is 2.85. The molecule has 0 spiro atoms. The third-order valence-electron chi connectivity index (χ3n) is 3.01. The Bertz CT molecular complexity index is 607. The van der Waals surface area contributed by atoms with E-state index < -0.39 is 0 Å². The lowest BCUT2D eigenvalue weighted by atomic mass is 10.1. The molecule has 5 heteroatoms. The minimum absolute atomic E-state index is 0.612. The zero-order valence-corrected chi connectivity index (χ0v) is 11.1. The molecule has 2 aromatic rings. The van der Waals surface area contributed by atoms with E-state index in [1.807, 2.05) is 19.1 Å². The molecule has 1 aromatic heterocycles. The standard InChI is InChI=1S/C13H14N2O2S/c1-3-17-10-6-8-7(4-9(10)16-2)5-11-12(8)15-13(14)18-11/h4,6H,3,5H2,1-2H3,(H2,14,15). The van der Waals surface area contributed by atoms with E-state index in [4.69, 9.17) is 15.2 Å². The number of methoxy groups -OCH3 is 1. The van der Waals surface area contributed by atoms with Gasteiger partial charge < -0.3 is 15.2 Å². The molecular weight excluding hydrogens is 248 g/mol. The van der Waals surface area contributed by atoms with Crippen molar-refractivity contribution in [2.75, 3.05) is 19.5 Å². The highest BCUT2D eigenvalue weighted by molar-refractivity contribution is 7.15. The zero-order valence-electron chi connectivity index (χ0n) is 10.3. The van der Waals surface area contributed by atoms with Crippen LogP contribution >= 0.6 is 11.3 Å². The molecule has 0 amide bonds. The molecule has 0 unspecified atom stereocenters. The first kappa shape index (κ1) is 11.3. The Morgan fingerprint density at radius 1 is 1.39 bits per heavy atom. The molecule has 0 radical (unpaired) electrons. The van der Waals surface area contributed by atoms with Crippen LogP contribution in [0.15, 0.2) is 12.1 Å². The van der Waals surface area contributed by atoms with Crippen molar-refractivity contribution in [1.82, 2.24) is 4.98 Å². The number of aromatic nitrogens is 1. The number of thiazole rings is 1. The molecule has 1 aromatic carbocycles. The van der Waals surface area contributed by atoms with Crippen molar-refractivity contribution in [2.24, 2.45) is 0 Å². The number of nitrogens with zero attached hydrogens (tertiary/aromatic N) is 1. The van der Waals surface area contributed by atoms with Gasteiger partial charge >= 0.3 is 0 Å². The number of benzene rings is 1. The molecule has 0 atom stereocenters. The molecule has 1 heterocycles. The van der Waals surface area contributed by atoms with Gasteiger partial charge in [0.2, 0.25) is 0 Å². The van der Waals surface area contributed by atoms with Gasteiger partial charge in [-0.3, -0.25) is 0 Å². The van der Waals surface area contributed by atoms with Gasteiger partial charge in [-0.2, -0.15) is 0 Å². The predicted molar refractivity (Wildman–Crippen MR) is 72.5 cm³/mol. The summed E-state index contributed by atoms with van der Waals surface area (Å²) in [6.07, 6.45) is 0.877. The van der Waals surface area contributed by atoms with E-state index in [9.17, 15) is 0 Å². The lowest BCUT2D eigenvalue weighted by Crippen LogP contribution is -1.97. The molecule has 4 nitrogen and oxygen atoms in total. The second kappa shape index (κ2) is 4.17. The average molecular weight is 262 g/mol.